The number of benzene rings is 1. The van der Waals surface area contributed by atoms with Gasteiger partial charge < -0.3 is 14.5 Å². The Morgan fingerprint density at radius 3 is 2.07 bits per heavy atom. The van der Waals surface area contributed by atoms with Gasteiger partial charge in [-0.05, 0) is 74.7 Å². The number of ether oxygens (including phenoxy) is 1. The molecule has 0 N–H and O–H groups in total. The average molecular weight is 384 g/mol. The molecule has 0 bridgehead atoms. The summed E-state index contributed by atoms with van der Waals surface area (Å²) >= 11 is 0. The number of likely N-dealkylation sites (tertiary alicyclic amines) is 1. The number of anilines is 1. The van der Waals surface area contributed by atoms with E-state index in [1.54, 1.807) is 0 Å². The third-order valence-corrected chi connectivity index (χ3v) is 8.09. The van der Waals surface area contributed by atoms with E-state index >= 15 is 0 Å². The van der Waals surface area contributed by atoms with Crippen LogP contribution in [0.25, 0.3) is 0 Å². The highest BCUT2D eigenvalue weighted by Crippen LogP contribution is 2.43. The van der Waals surface area contributed by atoms with Gasteiger partial charge in [0.25, 0.3) is 0 Å². The molecule has 1 aliphatic carbocycles. The number of nitrogens with zero attached hydrogens (tertiary/aromatic N) is 3. The maximum Gasteiger partial charge on any atom is 0.0594 e. The van der Waals surface area contributed by atoms with E-state index in [2.05, 4.69) is 39.0 Å². The minimum atomic E-state index is 0.646. The van der Waals surface area contributed by atoms with Gasteiger partial charge in [-0.1, -0.05) is 18.6 Å². The number of piperidine rings is 2. The summed E-state index contributed by atoms with van der Waals surface area (Å²) < 4.78 is 5.46. The molecule has 0 amide bonds. The van der Waals surface area contributed by atoms with Gasteiger partial charge in [0.1, 0.15) is 0 Å². The second-order valence-corrected chi connectivity index (χ2v) is 9.66. The van der Waals surface area contributed by atoms with Crippen molar-refractivity contribution in [3.63, 3.8) is 0 Å². The second-order valence-electron chi connectivity index (χ2n) is 9.66. The molecule has 5 rings (SSSR count). The number of morpholine rings is 1. The zero-order valence-electron chi connectivity index (χ0n) is 17.5. The number of hydrogen-bond donors (Lipinski definition) is 0. The Kier molecular flexibility index (Phi) is 5.62. The summed E-state index contributed by atoms with van der Waals surface area (Å²) in [5, 5.41) is 0. The van der Waals surface area contributed by atoms with E-state index in [-0.39, 0.29) is 0 Å². The molecule has 1 aromatic carbocycles. The molecule has 1 spiro atoms. The van der Waals surface area contributed by atoms with Gasteiger partial charge in [-0.3, -0.25) is 4.90 Å². The molecule has 3 heterocycles. The highest BCUT2D eigenvalue weighted by Gasteiger charge is 2.39. The Bertz CT molecular complexity index is 618. The fraction of sp³-hybridized carbons (Fsp3) is 0.750. The predicted molar refractivity (Wildman–Crippen MR) is 115 cm³/mol. The van der Waals surface area contributed by atoms with Gasteiger partial charge in [0, 0.05) is 44.5 Å². The summed E-state index contributed by atoms with van der Waals surface area (Å²) in [6.07, 6.45) is 10.0. The number of hydrogen-bond acceptors (Lipinski definition) is 4. The highest BCUT2D eigenvalue weighted by atomic mass is 16.5. The maximum atomic E-state index is 5.46. The van der Waals surface area contributed by atoms with Gasteiger partial charge in [0.05, 0.1) is 13.2 Å². The topological polar surface area (TPSA) is 19.0 Å². The van der Waals surface area contributed by atoms with E-state index in [1.807, 2.05) is 0 Å². The van der Waals surface area contributed by atoms with Crippen molar-refractivity contribution in [2.75, 3.05) is 57.4 Å². The lowest BCUT2D eigenvalue weighted by Gasteiger charge is -2.50. The van der Waals surface area contributed by atoms with Crippen molar-refractivity contribution in [1.29, 1.82) is 0 Å². The first-order valence-electron chi connectivity index (χ1n) is 11.7. The maximum absolute atomic E-state index is 5.46. The molecule has 28 heavy (non-hydrogen) atoms. The summed E-state index contributed by atoms with van der Waals surface area (Å²) in [6, 6.07) is 10.3. The van der Waals surface area contributed by atoms with E-state index < -0.39 is 0 Å². The van der Waals surface area contributed by atoms with Gasteiger partial charge >= 0.3 is 0 Å². The van der Waals surface area contributed by atoms with Crippen LogP contribution in [0.3, 0.4) is 0 Å². The molecule has 1 saturated carbocycles. The lowest BCUT2D eigenvalue weighted by atomic mass is 9.70. The van der Waals surface area contributed by atoms with Gasteiger partial charge in [-0.25, -0.2) is 0 Å². The van der Waals surface area contributed by atoms with Crippen molar-refractivity contribution in [2.24, 2.45) is 5.41 Å². The van der Waals surface area contributed by atoms with E-state index in [0.29, 0.717) is 5.41 Å². The molecule has 0 unspecified atom stereocenters. The molecule has 4 heteroatoms. The molecular formula is C24H37N3O. The summed E-state index contributed by atoms with van der Waals surface area (Å²) in [4.78, 5) is 7.93. The van der Waals surface area contributed by atoms with Crippen LogP contribution < -0.4 is 4.90 Å². The van der Waals surface area contributed by atoms with Crippen molar-refractivity contribution < 1.29 is 4.74 Å². The molecule has 3 saturated heterocycles. The minimum absolute atomic E-state index is 0.646. The average Bonchev–Trinajstić information content (AvgIpc) is 2.71. The van der Waals surface area contributed by atoms with Crippen LogP contribution >= 0.6 is 0 Å². The van der Waals surface area contributed by atoms with Gasteiger partial charge in [-0.2, -0.15) is 0 Å². The largest absolute Gasteiger partial charge is 0.379 e. The molecule has 4 aliphatic rings. The second kappa shape index (κ2) is 8.33. The smallest absolute Gasteiger partial charge is 0.0594 e. The van der Waals surface area contributed by atoms with E-state index in [9.17, 15) is 0 Å². The summed E-state index contributed by atoms with van der Waals surface area (Å²) in [5.74, 6) is 0. The third-order valence-electron chi connectivity index (χ3n) is 8.09. The predicted octanol–water partition coefficient (Wildman–Crippen LogP) is 3.75. The van der Waals surface area contributed by atoms with Gasteiger partial charge in [-0.15, -0.1) is 0 Å². The van der Waals surface area contributed by atoms with Crippen molar-refractivity contribution in [3.05, 3.63) is 29.8 Å². The van der Waals surface area contributed by atoms with Crippen molar-refractivity contribution in [3.8, 4) is 0 Å². The van der Waals surface area contributed by atoms with Crippen molar-refractivity contribution >= 4 is 5.69 Å². The van der Waals surface area contributed by atoms with Crippen LogP contribution in [0, 0.1) is 5.41 Å². The molecule has 4 fully saturated rings. The Hall–Kier alpha value is -1.10. The fourth-order valence-corrected chi connectivity index (χ4v) is 5.68. The Labute approximate surface area is 170 Å². The molecule has 1 aromatic rings. The van der Waals surface area contributed by atoms with Crippen LogP contribution in [-0.2, 0) is 11.3 Å². The van der Waals surface area contributed by atoms with Gasteiger partial charge in [0.2, 0.25) is 0 Å². The van der Waals surface area contributed by atoms with Crippen molar-refractivity contribution in [1.82, 2.24) is 9.80 Å². The first-order valence-corrected chi connectivity index (χ1v) is 11.7. The molecule has 4 nitrogen and oxygen atoms in total. The SMILES string of the molecule is c1cc(N2CCC3(CC2)CCN(C2CCC2)CC3)ccc1CN1CCOCC1. The molecular weight excluding hydrogens is 346 g/mol. The monoisotopic (exact) mass is 383 g/mol. The molecule has 0 atom stereocenters. The summed E-state index contributed by atoms with van der Waals surface area (Å²) in [7, 11) is 0. The standard InChI is InChI=1S/C24H37N3O/c1-2-22(3-1)26-12-8-24(9-13-26)10-14-27(15-11-24)23-6-4-21(5-7-23)20-25-16-18-28-19-17-25/h4-7,22H,1-3,8-20H2. The Morgan fingerprint density at radius 2 is 1.46 bits per heavy atom. The normalized spacial score (nSPS) is 27.1. The summed E-state index contributed by atoms with van der Waals surface area (Å²) in [6.45, 7) is 10.2. The number of rotatable bonds is 4. The quantitative estimate of drug-likeness (QED) is 0.788. The van der Waals surface area contributed by atoms with Gasteiger partial charge in [0.15, 0.2) is 0 Å². The molecule has 154 valence electrons. The minimum Gasteiger partial charge on any atom is -0.379 e. The third kappa shape index (κ3) is 4.10. The fourth-order valence-electron chi connectivity index (χ4n) is 5.68. The van der Waals surface area contributed by atoms with Crippen molar-refractivity contribution in [2.45, 2.75) is 57.5 Å². The molecule has 0 aromatic heterocycles. The van der Waals surface area contributed by atoms with Crippen LogP contribution in [0.1, 0.15) is 50.5 Å². The van der Waals surface area contributed by atoms with E-state index in [4.69, 9.17) is 4.74 Å². The zero-order chi connectivity index (χ0) is 18.8. The highest BCUT2D eigenvalue weighted by molar-refractivity contribution is 5.48. The molecule has 3 aliphatic heterocycles. The van der Waals surface area contributed by atoms with Crippen LogP contribution in [0.2, 0.25) is 0 Å². The molecule has 0 radical (unpaired) electrons. The Balaban J connectivity index is 1.11. The Morgan fingerprint density at radius 1 is 0.821 bits per heavy atom. The van der Waals surface area contributed by atoms with Crippen LogP contribution in [0.15, 0.2) is 24.3 Å². The zero-order valence-corrected chi connectivity index (χ0v) is 17.5. The van der Waals surface area contributed by atoms with E-state index in [0.717, 1.165) is 38.9 Å². The van der Waals surface area contributed by atoms with Crippen LogP contribution in [0.4, 0.5) is 5.69 Å². The lowest BCUT2D eigenvalue weighted by molar-refractivity contribution is 0.0306. The van der Waals surface area contributed by atoms with E-state index in [1.165, 1.54) is 82.4 Å². The first-order chi connectivity index (χ1) is 13.8. The van der Waals surface area contributed by atoms with Crippen LogP contribution in [0.5, 0.6) is 0 Å². The van der Waals surface area contributed by atoms with Crippen LogP contribution in [-0.4, -0.2) is 68.3 Å². The lowest BCUT2D eigenvalue weighted by Crippen LogP contribution is -2.50. The first kappa shape index (κ1) is 18.9. The summed E-state index contributed by atoms with van der Waals surface area (Å²) in [5.41, 5.74) is 3.50.